The van der Waals surface area contributed by atoms with Gasteiger partial charge in [0, 0.05) is 43.3 Å². The molecule has 6 heteroatoms. The van der Waals surface area contributed by atoms with Gasteiger partial charge < -0.3 is 4.57 Å². The van der Waals surface area contributed by atoms with Crippen LogP contribution in [0.2, 0.25) is 0 Å². The van der Waals surface area contributed by atoms with Crippen molar-refractivity contribution in [3.05, 3.63) is 65.7 Å². The molecule has 3 aromatic heterocycles. The lowest BCUT2D eigenvalue weighted by atomic mass is 10.2. The van der Waals surface area contributed by atoms with E-state index in [-0.39, 0.29) is 5.91 Å². The molecule has 0 aliphatic heterocycles. The molecule has 3 aromatic rings. The lowest BCUT2D eigenvalue weighted by Crippen LogP contribution is -2.32. The molecule has 0 aromatic carbocycles. The van der Waals surface area contributed by atoms with Crippen LogP contribution >= 0.6 is 11.3 Å². The third-order valence-electron chi connectivity index (χ3n) is 3.36. The summed E-state index contributed by atoms with van der Waals surface area (Å²) in [5.41, 5.74) is 1.77. The Morgan fingerprint density at radius 2 is 2.09 bits per heavy atom. The topological polar surface area (TPSA) is 51.0 Å². The van der Waals surface area contributed by atoms with Crippen LogP contribution in [0, 0.1) is 0 Å². The lowest BCUT2D eigenvalue weighted by Gasteiger charge is -2.19. The minimum Gasteiger partial charge on any atom is -0.339 e. The van der Waals surface area contributed by atoms with Crippen molar-refractivity contribution in [1.82, 2.24) is 14.5 Å². The van der Waals surface area contributed by atoms with Crippen LogP contribution in [0.5, 0.6) is 0 Å². The summed E-state index contributed by atoms with van der Waals surface area (Å²) in [7, 11) is 0. The maximum absolute atomic E-state index is 12.8. The van der Waals surface area contributed by atoms with E-state index in [1.807, 2.05) is 47.3 Å². The predicted octanol–water partition coefficient (Wildman–Crippen LogP) is 3.05. The molecule has 0 fully saturated rings. The largest absolute Gasteiger partial charge is 0.339 e. The normalized spacial score (nSPS) is 10.6. The van der Waals surface area contributed by atoms with E-state index in [2.05, 4.69) is 9.97 Å². The number of thiazole rings is 1. The average molecular weight is 312 g/mol. The zero-order valence-corrected chi connectivity index (χ0v) is 13.0. The van der Waals surface area contributed by atoms with E-state index in [4.69, 9.17) is 0 Å². The zero-order valence-electron chi connectivity index (χ0n) is 12.2. The average Bonchev–Trinajstić information content (AvgIpc) is 3.21. The first-order chi connectivity index (χ1) is 10.8. The van der Waals surface area contributed by atoms with Crippen LogP contribution in [0.15, 0.2) is 54.4 Å². The number of nitrogens with zero attached hydrogens (tertiary/aromatic N) is 4. The Bertz CT molecular complexity index is 737. The zero-order chi connectivity index (χ0) is 15.4. The van der Waals surface area contributed by atoms with E-state index >= 15 is 0 Å². The number of pyridine rings is 1. The second-order valence-electron chi connectivity index (χ2n) is 4.74. The van der Waals surface area contributed by atoms with Crippen molar-refractivity contribution in [3.8, 4) is 0 Å². The van der Waals surface area contributed by atoms with Gasteiger partial charge in [0.05, 0.1) is 0 Å². The van der Waals surface area contributed by atoms with E-state index in [0.29, 0.717) is 18.8 Å². The van der Waals surface area contributed by atoms with E-state index in [0.717, 1.165) is 10.7 Å². The van der Waals surface area contributed by atoms with Gasteiger partial charge in [-0.2, -0.15) is 0 Å². The highest BCUT2D eigenvalue weighted by Crippen LogP contribution is 2.20. The number of hydrogen-bond acceptors (Lipinski definition) is 4. The standard InChI is InChI=1S/C16H16N4OS/c1-2-20(16-18-9-11-22-16)15(21)14-4-3-10-19(14)12-13-5-7-17-8-6-13/h3-11H,2,12H2,1H3. The van der Waals surface area contributed by atoms with Gasteiger partial charge in [-0.15, -0.1) is 11.3 Å². The highest BCUT2D eigenvalue weighted by atomic mass is 32.1. The molecule has 1 amide bonds. The molecule has 0 N–H and O–H groups in total. The molecule has 0 saturated carbocycles. The Morgan fingerprint density at radius 3 is 2.77 bits per heavy atom. The number of anilines is 1. The molecule has 0 spiro atoms. The number of aromatic nitrogens is 3. The van der Waals surface area contributed by atoms with Gasteiger partial charge in [0.15, 0.2) is 5.13 Å². The molecule has 0 radical (unpaired) electrons. The van der Waals surface area contributed by atoms with Crippen LogP contribution < -0.4 is 4.90 Å². The van der Waals surface area contributed by atoms with Crippen LogP contribution in [0.3, 0.4) is 0 Å². The van der Waals surface area contributed by atoms with Crippen LogP contribution in [-0.2, 0) is 6.54 Å². The van der Waals surface area contributed by atoms with Gasteiger partial charge >= 0.3 is 0 Å². The van der Waals surface area contributed by atoms with E-state index < -0.39 is 0 Å². The summed E-state index contributed by atoms with van der Waals surface area (Å²) in [5.74, 6) is -0.0310. The van der Waals surface area contributed by atoms with Gasteiger partial charge in [-0.3, -0.25) is 14.7 Å². The first-order valence-electron chi connectivity index (χ1n) is 7.05. The molecular formula is C16H16N4OS. The molecule has 0 unspecified atom stereocenters. The number of carbonyl (C=O) groups is 1. The summed E-state index contributed by atoms with van der Waals surface area (Å²) in [5, 5.41) is 2.60. The van der Waals surface area contributed by atoms with Crippen molar-refractivity contribution in [2.75, 3.05) is 11.4 Å². The fraction of sp³-hybridized carbons (Fsp3) is 0.188. The van der Waals surface area contributed by atoms with Crippen molar-refractivity contribution in [3.63, 3.8) is 0 Å². The molecule has 0 bridgehead atoms. The Morgan fingerprint density at radius 1 is 1.27 bits per heavy atom. The molecule has 112 valence electrons. The van der Waals surface area contributed by atoms with Gasteiger partial charge in [0.2, 0.25) is 0 Å². The Hall–Kier alpha value is -2.47. The van der Waals surface area contributed by atoms with Gasteiger partial charge in [0.25, 0.3) is 5.91 Å². The van der Waals surface area contributed by atoms with Crippen molar-refractivity contribution in [2.24, 2.45) is 0 Å². The highest BCUT2D eigenvalue weighted by Gasteiger charge is 2.20. The van der Waals surface area contributed by atoms with Gasteiger partial charge in [-0.25, -0.2) is 4.98 Å². The third kappa shape index (κ3) is 2.92. The van der Waals surface area contributed by atoms with Gasteiger partial charge in [-0.1, -0.05) is 0 Å². The first-order valence-corrected chi connectivity index (χ1v) is 7.93. The molecule has 0 saturated heterocycles. The molecule has 0 atom stereocenters. The Kier molecular flexibility index (Phi) is 4.29. The fourth-order valence-corrected chi connectivity index (χ4v) is 2.99. The molecule has 5 nitrogen and oxygen atoms in total. The molecular weight excluding hydrogens is 296 g/mol. The number of rotatable bonds is 5. The second kappa shape index (κ2) is 6.53. The number of amides is 1. The highest BCUT2D eigenvalue weighted by molar-refractivity contribution is 7.13. The molecule has 3 rings (SSSR count). The Balaban J connectivity index is 1.86. The maximum atomic E-state index is 12.8. The number of carbonyl (C=O) groups excluding carboxylic acids is 1. The van der Waals surface area contributed by atoms with Crippen LogP contribution in [-0.4, -0.2) is 27.0 Å². The quantitative estimate of drug-likeness (QED) is 0.727. The summed E-state index contributed by atoms with van der Waals surface area (Å²) >= 11 is 1.47. The molecule has 0 aliphatic carbocycles. The van der Waals surface area contributed by atoms with E-state index in [1.54, 1.807) is 23.5 Å². The molecule has 22 heavy (non-hydrogen) atoms. The predicted molar refractivity (Wildman–Crippen MR) is 87.2 cm³/mol. The van der Waals surface area contributed by atoms with Crippen LogP contribution in [0.25, 0.3) is 0 Å². The van der Waals surface area contributed by atoms with Gasteiger partial charge in [-0.05, 0) is 36.8 Å². The summed E-state index contributed by atoms with van der Waals surface area (Å²) in [6.45, 7) is 3.19. The van der Waals surface area contributed by atoms with Crippen molar-refractivity contribution >= 4 is 22.4 Å². The molecule has 3 heterocycles. The maximum Gasteiger partial charge on any atom is 0.276 e. The summed E-state index contributed by atoms with van der Waals surface area (Å²) in [6, 6.07) is 7.64. The minimum absolute atomic E-state index is 0.0310. The minimum atomic E-state index is -0.0310. The second-order valence-corrected chi connectivity index (χ2v) is 5.61. The Labute approximate surface area is 132 Å². The van der Waals surface area contributed by atoms with Crippen LogP contribution in [0.1, 0.15) is 23.0 Å². The fourth-order valence-electron chi connectivity index (χ4n) is 2.28. The smallest absolute Gasteiger partial charge is 0.276 e. The van der Waals surface area contributed by atoms with Gasteiger partial charge in [0.1, 0.15) is 5.69 Å². The summed E-state index contributed by atoms with van der Waals surface area (Å²) in [6.07, 6.45) is 7.15. The first kappa shape index (κ1) is 14.5. The SMILES string of the molecule is CCN(C(=O)c1cccn1Cc1ccncc1)c1nccs1. The number of hydrogen-bond donors (Lipinski definition) is 0. The lowest BCUT2D eigenvalue weighted by molar-refractivity contribution is 0.0980. The van der Waals surface area contributed by atoms with E-state index in [9.17, 15) is 4.79 Å². The monoisotopic (exact) mass is 312 g/mol. The third-order valence-corrected chi connectivity index (χ3v) is 4.16. The van der Waals surface area contributed by atoms with E-state index in [1.165, 1.54) is 11.3 Å². The van der Waals surface area contributed by atoms with Crippen molar-refractivity contribution < 1.29 is 4.79 Å². The molecule has 0 aliphatic rings. The summed E-state index contributed by atoms with van der Waals surface area (Å²) < 4.78 is 1.95. The summed E-state index contributed by atoms with van der Waals surface area (Å²) in [4.78, 5) is 22.8. The van der Waals surface area contributed by atoms with Crippen LogP contribution in [0.4, 0.5) is 5.13 Å². The van der Waals surface area contributed by atoms with Crippen molar-refractivity contribution in [2.45, 2.75) is 13.5 Å². The van der Waals surface area contributed by atoms with Crippen molar-refractivity contribution in [1.29, 1.82) is 0 Å².